The summed E-state index contributed by atoms with van der Waals surface area (Å²) in [4.78, 5) is 13.2. The minimum absolute atomic E-state index is 0.0651. The van der Waals surface area contributed by atoms with E-state index >= 15 is 0 Å². The molecule has 3 rings (SSSR count). The molecule has 7 nitrogen and oxygen atoms in total. The van der Waals surface area contributed by atoms with Crippen LogP contribution < -0.4 is 14.8 Å². The highest BCUT2D eigenvalue weighted by Gasteiger charge is 2.22. The maximum absolute atomic E-state index is 13.2. The number of ether oxygens (including phenoxy) is 2. The molecule has 1 amide bonds. The molecule has 33 heavy (non-hydrogen) atoms. The van der Waals surface area contributed by atoms with Gasteiger partial charge >= 0.3 is 0 Å². The van der Waals surface area contributed by atoms with Crippen molar-refractivity contribution in [2.45, 2.75) is 59.8 Å². The van der Waals surface area contributed by atoms with E-state index in [0.29, 0.717) is 29.5 Å². The molecule has 3 aromatic rings. The number of anilines is 1. The topological polar surface area (TPSA) is 78.3 Å². The fourth-order valence-electron chi connectivity index (χ4n) is 3.44. The highest BCUT2D eigenvalue weighted by Crippen LogP contribution is 2.32. The van der Waals surface area contributed by atoms with Crippen LogP contribution in [0.1, 0.15) is 67.8 Å². The molecule has 0 spiro atoms. The Labute approximate surface area is 196 Å². The lowest BCUT2D eigenvalue weighted by Gasteiger charge is -2.21. The second-order valence-corrected chi connectivity index (χ2v) is 9.20. The van der Waals surface area contributed by atoms with Crippen LogP contribution in [0.5, 0.6) is 11.5 Å². The molecule has 0 aliphatic carbocycles. The van der Waals surface area contributed by atoms with Gasteiger partial charge in [0, 0.05) is 6.07 Å². The van der Waals surface area contributed by atoms with E-state index in [1.165, 1.54) is 0 Å². The lowest BCUT2D eigenvalue weighted by atomic mass is 9.87. The molecule has 1 N–H and O–H groups in total. The van der Waals surface area contributed by atoms with E-state index in [0.717, 1.165) is 29.7 Å². The molecule has 1 heterocycles. The second kappa shape index (κ2) is 10.1. The predicted octanol–water partition coefficient (Wildman–Crippen LogP) is 5.62. The van der Waals surface area contributed by atoms with Crippen molar-refractivity contribution < 1.29 is 14.3 Å². The van der Waals surface area contributed by atoms with Crippen LogP contribution in [0, 0.1) is 13.8 Å². The first-order valence-corrected chi connectivity index (χ1v) is 11.3. The Morgan fingerprint density at radius 3 is 2.55 bits per heavy atom. The van der Waals surface area contributed by atoms with Crippen molar-refractivity contribution in [2.75, 3.05) is 19.0 Å². The smallest absolute Gasteiger partial charge is 0.278 e. The van der Waals surface area contributed by atoms with Gasteiger partial charge in [0.2, 0.25) is 0 Å². The molecule has 0 saturated carbocycles. The monoisotopic (exact) mass is 450 g/mol. The molecule has 2 aromatic carbocycles. The number of carbonyl (C=O) groups excluding carboxylic acids is 1. The van der Waals surface area contributed by atoms with Crippen LogP contribution in [0.4, 0.5) is 5.69 Å². The van der Waals surface area contributed by atoms with Crippen LogP contribution in [0.2, 0.25) is 0 Å². The highest BCUT2D eigenvalue weighted by molar-refractivity contribution is 6.04. The van der Waals surface area contributed by atoms with E-state index in [4.69, 9.17) is 9.47 Å². The van der Waals surface area contributed by atoms with Crippen LogP contribution in [0.3, 0.4) is 0 Å². The molecule has 1 aromatic heterocycles. The summed E-state index contributed by atoms with van der Waals surface area (Å²) >= 11 is 0. The van der Waals surface area contributed by atoms with Gasteiger partial charge in [-0.25, -0.2) is 4.68 Å². The largest absolute Gasteiger partial charge is 0.497 e. The van der Waals surface area contributed by atoms with Crippen molar-refractivity contribution in [3.63, 3.8) is 0 Å². The lowest BCUT2D eigenvalue weighted by molar-refractivity contribution is 0.102. The fourth-order valence-corrected chi connectivity index (χ4v) is 3.44. The Balaban J connectivity index is 1.93. The summed E-state index contributed by atoms with van der Waals surface area (Å²) in [5.41, 5.74) is 4.40. The summed E-state index contributed by atoms with van der Waals surface area (Å²) in [6.45, 7) is 12.9. The van der Waals surface area contributed by atoms with Gasteiger partial charge in [0.05, 0.1) is 30.8 Å². The van der Waals surface area contributed by atoms with E-state index in [1.54, 1.807) is 11.8 Å². The minimum atomic E-state index is -0.328. The molecule has 0 saturated heterocycles. The van der Waals surface area contributed by atoms with Crippen molar-refractivity contribution in [3.05, 3.63) is 58.9 Å². The number of hydrogen-bond donors (Lipinski definition) is 1. The number of aromatic nitrogens is 3. The number of aryl methyl sites for hydroxylation is 1. The summed E-state index contributed by atoms with van der Waals surface area (Å²) in [7, 11) is 1.62. The highest BCUT2D eigenvalue weighted by atomic mass is 16.5. The van der Waals surface area contributed by atoms with E-state index in [1.807, 2.05) is 50.2 Å². The van der Waals surface area contributed by atoms with Gasteiger partial charge in [-0.05, 0) is 55.0 Å². The number of carbonyl (C=O) groups is 1. The van der Waals surface area contributed by atoms with Crippen LogP contribution in [-0.2, 0) is 5.41 Å². The van der Waals surface area contributed by atoms with Crippen molar-refractivity contribution in [3.8, 4) is 17.2 Å². The van der Waals surface area contributed by atoms with Crippen LogP contribution in [-0.4, -0.2) is 34.6 Å². The van der Waals surface area contributed by atoms with Gasteiger partial charge in [-0.1, -0.05) is 51.5 Å². The Morgan fingerprint density at radius 2 is 1.88 bits per heavy atom. The number of unbranched alkanes of at least 4 members (excludes halogenated alkanes) is 1. The Morgan fingerprint density at radius 1 is 1.12 bits per heavy atom. The van der Waals surface area contributed by atoms with Gasteiger partial charge in [-0.2, -0.15) is 0 Å². The molecule has 0 atom stereocenters. The van der Waals surface area contributed by atoms with Crippen molar-refractivity contribution in [1.29, 1.82) is 0 Å². The molecule has 0 bridgehead atoms. The molecule has 0 fully saturated rings. The fraction of sp³-hybridized carbons (Fsp3) is 0.423. The predicted molar refractivity (Wildman–Crippen MR) is 131 cm³/mol. The van der Waals surface area contributed by atoms with E-state index in [2.05, 4.69) is 43.3 Å². The number of hydrogen-bond acceptors (Lipinski definition) is 5. The maximum Gasteiger partial charge on any atom is 0.278 e. The van der Waals surface area contributed by atoms with Crippen molar-refractivity contribution in [1.82, 2.24) is 15.0 Å². The standard InChI is InChI=1S/C26H34N4O3/c1-8-9-14-33-23-13-11-19(26(4,5)6)15-21(23)27-25(31)24-18(3)30(29-28-24)22-16-20(32-7)12-10-17(22)2/h10-13,15-16H,8-9,14H2,1-7H3,(H,27,31). The number of rotatable bonds is 8. The zero-order valence-electron chi connectivity index (χ0n) is 20.7. The summed E-state index contributed by atoms with van der Waals surface area (Å²) < 4.78 is 13.0. The first kappa shape index (κ1) is 24.3. The SMILES string of the molecule is CCCCOc1ccc(C(C)(C)C)cc1NC(=O)c1nnn(-c2cc(OC)ccc2C)c1C. The van der Waals surface area contributed by atoms with E-state index < -0.39 is 0 Å². The van der Waals surface area contributed by atoms with Gasteiger partial charge < -0.3 is 14.8 Å². The normalized spacial score (nSPS) is 11.4. The minimum Gasteiger partial charge on any atom is -0.497 e. The van der Waals surface area contributed by atoms with E-state index in [-0.39, 0.29) is 17.0 Å². The van der Waals surface area contributed by atoms with E-state index in [9.17, 15) is 4.79 Å². The number of benzene rings is 2. The van der Waals surface area contributed by atoms with Crippen LogP contribution >= 0.6 is 0 Å². The van der Waals surface area contributed by atoms with Crippen LogP contribution in [0.15, 0.2) is 36.4 Å². The molecule has 176 valence electrons. The quantitative estimate of drug-likeness (QED) is 0.451. The Bertz CT molecular complexity index is 1130. The summed E-state index contributed by atoms with van der Waals surface area (Å²) in [5, 5.41) is 11.4. The molecule has 7 heteroatoms. The first-order chi connectivity index (χ1) is 15.7. The van der Waals surface area contributed by atoms with Gasteiger partial charge in [-0.15, -0.1) is 5.10 Å². The van der Waals surface area contributed by atoms with Gasteiger partial charge in [-0.3, -0.25) is 4.79 Å². The zero-order chi connectivity index (χ0) is 24.2. The third-order valence-electron chi connectivity index (χ3n) is 5.60. The maximum atomic E-state index is 13.2. The molecular weight excluding hydrogens is 416 g/mol. The second-order valence-electron chi connectivity index (χ2n) is 9.20. The Kier molecular flexibility index (Phi) is 7.41. The van der Waals surface area contributed by atoms with Gasteiger partial charge in [0.1, 0.15) is 11.5 Å². The molecule has 0 unspecified atom stereocenters. The summed E-state index contributed by atoms with van der Waals surface area (Å²) in [6.07, 6.45) is 1.98. The van der Waals surface area contributed by atoms with Crippen molar-refractivity contribution >= 4 is 11.6 Å². The molecule has 0 aliphatic heterocycles. The van der Waals surface area contributed by atoms with Crippen LogP contribution in [0.25, 0.3) is 5.69 Å². The first-order valence-electron chi connectivity index (χ1n) is 11.3. The number of nitrogens with one attached hydrogen (secondary N) is 1. The molecule has 0 radical (unpaired) electrons. The van der Waals surface area contributed by atoms with Gasteiger partial charge in [0.25, 0.3) is 5.91 Å². The zero-order valence-corrected chi connectivity index (χ0v) is 20.7. The molecule has 0 aliphatic rings. The number of nitrogens with zero attached hydrogens (tertiary/aromatic N) is 3. The average Bonchev–Trinajstić information content (AvgIpc) is 3.15. The van der Waals surface area contributed by atoms with Crippen molar-refractivity contribution in [2.24, 2.45) is 0 Å². The van der Waals surface area contributed by atoms with Gasteiger partial charge in [0.15, 0.2) is 5.69 Å². The summed E-state index contributed by atoms with van der Waals surface area (Å²) in [5.74, 6) is 1.04. The number of methoxy groups -OCH3 is 1. The average molecular weight is 451 g/mol. The summed E-state index contributed by atoms with van der Waals surface area (Å²) in [6, 6.07) is 11.7. The molecular formula is C26H34N4O3. The third kappa shape index (κ3) is 5.53. The Hall–Kier alpha value is -3.35. The third-order valence-corrected chi connectivity index (χ3v) is 5.60. The number of amides is 1. The lowest BCUT2D eigenvalue weighted by Crippen LogP contribution is -2.17.